The van der Waals surface area contributed by atoms with E-state index in [0.29, 0.717) is 37.1 Å². The zero-order valence-electron chi connectivity index (χ0n) is 14.3. The summed E-state index contributed by atoms with van der Waals surface area (Å²) in [6.07, 6.45) is 0.868. The number of carboxylic acids is 1. The maximum absolute atomic E-state index is 13.2. The molecule has 0 saturated carbocycles. The summed E-state index contributed by atoms with van der Waals surface area (Å²) in [4.78, 5) is 39.5. The quantitative estimate of drug-likeness (QED) is 0.882. The number of nitrogens with zero attached hydrogens (tertiary/aromatic N) is 2. The zero-order valence-corrected chi connectivity index (χ0v) is 14.3. The maximum Gasteiger partial charge on any atom is 0.309 e. The van der Waals surface area contributed by atoms with Gasteiger partial charge in [0.25, 0.3) is 5.91 Å². The van der Waals surface area contributed by atoms with Crippen molar-refractivity contribution in [2.75, 3.05) is 20.1 Å². The third-order valence-corrected chi connectivity index (χ3v) is 5.70. The van der Waals surface area contributed by atoms with Crippen LogP contribution in [0.15, 0.2) is 18.2 Å². The lowest BCUT2D eigenvalue weighted by Gasteiger charge is -2.45. The van der Waals surface area contributed by atoms with E-state index in [9.17, 15) is 23.9 Å². The van der Waals surface area contributed by atoms with Crippen molar-refractivity contribution in [2.45, 2.75) is 31.7 Å². The number of halogens is 1. The van der Waals surface area contributed by atoms with Gasteiger partial charge in [-0.25, -0.2) is 4.39 Å². The molecule has 25 heavy (non-hydrogen) atoms. The lowest BCUT2D eigenvalue weighted by Crippen LogP contribution is -2.57. The van der Waals surface area contributed by atoms with Gasteiger partial charge in [-0.3, -0.25) is 14.4 Å². The smallest absolute Gasteiger partial charge is 0.309 e. The largest absolute Gasteiger partial charge is 0.481 e. The summed E-state index contributed by atoms with van der Waals surface area (Å²) >= 11 is 0. The van der Waals surface area contributed by atoms with E-state index in [2.05, 4.69) is 0 Å². The van der Waals surface area contributed by atoms with E-state index in [1.807, 2.05) is 0 Å². The van der Waals surface area contributed by atoms with Crippen LogP contribution in [0.1, 0.15) is 35.2 Å². The number of likely N-dealkylation sites (tertiary alicyclic amines) is 2. The van der Waals surface area contributed by atoms with Crippen LogP contribution in [0, 0.1) is 18.7 Å². The topological polar surface area (TPSA) is 77.9 Å². The van der Waals surface area contributed by atoms with E-state index in [1.54, 1.807) is 23.8 Å². The van der Waals surface area contributed by atoms with Gasteiger partial charge in [-0.2, -0.15) is 0 Å². The van der Waals surface area contributed by atoms with Gasteiger partial charge in [0.05, 0.1) is 11.5 Å². The molecule has 1 spiro atoms. The first-order valence-corrected chi connectivity index (χ1v) is 8.31. The maximum atomic E-state index is 13.2. The monoisotopic (exact) mass is 348 g/mol. The molecule has 1 N–H and O–H groups in total. The number of benzene rings is 1. The summed E-state index contributed by atoms with van der Waals surface area (Å²) in [6.45, 7) is 2.43. The number of carboxylic acid groups (broad SMARTS) is 1. The number of piperidine rings is 1. The van der Waals surface area contributed by atoms with Gasteiger partial charge in [-0.05, 0) is 43.5 Å². The van der Waals surface area contributed by atoms with E-state index >= 15 is 0 Å². The van der Waals surface area contributed by atoms with Crippen LogP contribution in [0.3, 0.4) is 0 Å². The molecule has 1 aromatic rings. The average molecular weight is 348 g/mol. The Morgan fingerprint density at radius 2 is 1.92 bits per heavy atom. The molecule has 2 aliphatic rings. The summed E-state index contributed by atoms with van der Waals surface area (Å²) in [5.74, 6) is -2.45. The van der Waals surface area contributed by atoms with Crippen molar-refractivity contribution in [2.24, 2.45) is 5.92 Å². The van der Waals surface area contributed by atoms with Crippen LogP contribution in [-0.4, -0.2) is 58.4 Å². The third-order valence-electron chi connectivity index (χ3n) is 5.70. The van der Waals surface area contributed by atoms with Gasteiger partial charge in [-0.15, -0.1) is 0 Å². The molecule has 0 radical (unpaired) electrons. The molecule has 2 heterocycles. The molecule has 0 bridgehead atoms. The highest BCUT2D eigenvalue weighted by Crippen LogP contribution is 2.43. The van der Waals surface area contributed by atoms with Gasteiger partial charge < -0.3 is 14.9 Å². The fourth-order valence-electron chi connectivity index (χ4n) is 4.12. The number of aryl methyl sites for hydroxylation is 1. The highest BCUT2D eigenvalue weighted by atomic mass is 19.1. The number of carbonyl (C=O) groups excluding carboxylic acids is 2. The van der Waals surface area contributed by atoms with Crippen LogP contribution in [0.25, 0.3) is 0 Å². The number of rotatable bonds is 2. The Morgan fingerprint density at radius 3 is 2.48 bits per heavy atom. The van der Waals surface area contributed by atoms with Crippen LogP contribution >= 0.6 is 0 Å². The molecule has 7 heteroatoms. The van der Waals surface area contributed by atoms with Crippen molar-refractivity contribution < 1.29 is 23.9 Å². The van der Waals surface area contributed by atoms with Crippen LogP contribution in [0.4, 0.5) is 4.39 Å². The molecule has 1 unspecified atom stereocenters. The number of hydrogen-bond acceptors (Lipinski definition) is 3. The average Bonchev–Trinajstić information content (AvgIpc) is 2.80. The van der Waals surface area contributed by atoms with E-state index < -0.39 is 17.4 Å². The highest BCUT2D eigenvalue weighted by Gasteiger charge is 2.55. The molecular weight excluding hydrogens is 327 g/mol. The van der Waals surface area contributed by atoms with Crippen molar-refractivity contribution in [3.8, 4) is 0 Å². The summed E-state index contributed by atoms with van der Waals surface area (Å²) in [6, 6.07) is 4.06. The van der Waals surface area contributed by atoms with Gasteiger partial charge >= 0.3 is 5.97 Å². The Hall–Kier alpha value is -2.44. The minimum absolute atomic E-state index is 0.0108. The molecule has 2 amide bonds. The molecule has 2 saturated heterocycles. The molecule has 0 aliphatic carbocycles. The van der Waals surface area contributed by atoms with Crippen LogP contribution < -0.4 is 0 Å². The molecule has 134 valence electrons. The second-order valence-electron chi connectivity index (χ2n) is 6.90. The van der Waals surface area contributed by atoms with Gasteiger partial charge in [0.1, 0.15) is 5.82 Å². The fourth-order valence-corrected chi connectivity index (χ4v) is 4.12. The molecule has 1 atom stereocenters. The van der Waals surface area contributed by atoms with Crippen LogP contribution in [0.2, 0.25) is 0 Å². The lowest BCUT2D eigenvalue weighted by molar-refractivity contribution is -0.145. The Balaban J connectivity index is 1.78. The predicted octanol–water partition coefficient (Wildman–Crippen LogP) is 1.67. The summed E-state index contributed by atoms with van der Waals surface area (Å²) in [5.41, 5.74) is 0.294. The second-order valence-corrected chi connectivity index (χ2v) is 6.90. The molecule has 6 nitrogen and oxygen atoms in total. The molecule has 3 rings (SSSR count). The van der Waals surface area contributed by atoms with E-state index in [1.165, 1.54) is 18.2 Å². The van der Waals surface area contributed by atoms with Crippen LogP contribution in [0.5, 0.6) is 0 Å². The standard InChI is InChI=1S/C18H21FN2O4/c1-11-9-12(19)3-4-13(11)16(23)21-7-5-18(6-8-21)14(17(24)25)10-15(22)20(18)2/h3-4,9,14H,5-8,10H2,1-2H3,(H,24,25). The first-order chi connectivity index (χ1) is 11.8. The van der Waals surface area contributed by atoms with E-state index in [4.69, 9.17) is 0 Å². The predicted molar refractivity (Wildman–Crippen MR) is 87.5 cm³/mol. The zero-order chi connectivity index (χ0) is 18.4. The van der Waals surface area contributed by atoms with Gasteiger partial charge in [-0.1, -0.05) is 0 Å². The normalized spacial score (nSPS) is 22.5. The number of hydrogen-bond donors (Lipinski definition) is 1. The van der Waals surface area contributed by atoms with Crippen molar-refractivity contribution >= 4 is 17.8 Å². The van der Waals surface area contributed by atoms with Gasteiger partial charge in [0.15, 0.2) is 0 Å². The second kappa shape index (κ2) is 6.13. The Kier molecular flexibility index (Phi) is 4.26. The summed E-state index contributed by atoms with van der Waals surface area (Å²) in [7, 11) is 1.65. The minimum Gasteiger partial charge on any atom is -0.481 e. The number of carbonyl (C=O) groups is 3. The Morgan fingerprint density at radius 1 is 1.28 bits per heavy atom. The van der Waals surface area contributed by atoms with Gasteiger partial charge in [0.2, 0.25) is 5.91 Å². The molecular formula is C18H21FN2O4. The fraction of sp³-hybridized carbons (Fsp3) is 0.500. The molecule has 2 aliphatic heterocycles. The molecule has 2 fully saturated rings. The molecule has 1 aromatic carbocycles. The summed E-state index contributed by atoms with van der Waals surface area (Å²) in [5, 5.41) is 9.49. The highest BCUT2D eigenvalue weighted by molar-refractivity contribution is 5.96. The van der Waals surface area contributed by atoms with Crippen molar-refractivity contribution in [3.05, 3.63) is 35.1 Å². The first-order valence-electron chi connectivity index (χ1n) is 8.31. The minimum atomic E-state index is -0.966. The number of amides is 2. The van der Waals surface area contributed by atoms with Crippen molar-refractivity contribution in [1.29, 1.82) is 0 Å². The van der Waals surface area contributed by atoms with Crippen LogP contribution in [-0.2, 0) is 9.59 Å². The Bertz CT molecular complexity index is 741. The SMILES string of the molecule is Cc1cc(F)ccc1C(=O)N1CCC2(CC1)C(C(=O)O)CC(=O)N2C. The van der Waals surface area contributed by atoms with E-state index in [-0.39, 0.29) is 24.1 Å². The van der Waals surface area contributed by atoms with E-state index in [0.717, 1.165) is 0 Å². The Labute approximate surface area is 145 Å². The third kappa shape index (κ3) is 2.77. The number of aliphatic carboxylic acids is 1. The van der Waals surface area contributed by atoms with Gasteiger partial charge in [0, 0.05) is 32.1 Å². The lowest BCUT2D eigenvalue weighted by atomic mass is 9.77. The summed E-state index contributed by atoms with van der Waals surface area (Å²) < 4.78 is 13.2. The first kappa shape index (κ1) is 17.4. The molecule has 0 aromatic heterocycles. The van der Waals surface area contributed by atoms with Crippen molar-refractivity contribution in [3.63, 3.8) is 0 Å². The van der Waals surface area contributed by atoms with Crippen molar-refractivity contribution in [1.82, 2.24) is 9.80 Å².